The number of hydrogen-bond acceptors (Lipinski definition) is 3. The largest absolute Gasteiger partial charge is 0.261 e. The smallest absolute Gasteiger partial charge is 0.147 e. The molecule has 110 valence electrons. The van der Waals surface area contributed by atoms with E-state index in [1.807, 2.05) is 31.2 Å². The number of hydrazone groups is 1. The average Bonchev–Trinajstić information content (AvgIpc) is 2.50. The van der Waals surface area contributed by atoms with Crippen molar-refractivity contribution in [3.8, 4) is 0 Å². The van der Waals surface area contributed by atoms with Gasteiger partial charge in [-0.2, -0.15) is 5.10 Å². The third-order valence-electron chi connectivity index (χ3n) is 3.24. The molecule has 0 spiro atoms. The number of benzene rings is 2. The second-order valence-electron chi connectivity index (χ2n) is 4.91. The Hall–Kier alpha value is -2.46. The zero-order chi connectivity index (χ0) is 15.5. The van der Waals surface area contributed by atoms with Gasteiger partial charge in [0.05, 0.1) is 11.7 Å². The fourth-order valence-electron chi connectivity index (χ4n) is 2.15. The number of aromatic nitrogens is 1. The Morgan fingerprint density at radius 1 is 1.14 bits per heavy atom. The molecule has 0 saturated carbocycles. The van der Waals surface area contributed by atoms with Crippen molar-refractivity contribution in [1.29, 1.82) is 0 Å². The molecule has 22 heavy (non-hydrogen) atoms. The summed E-state index contributed by atoms with van der Waals surface area (Å²) in [6.07, 6.45) is 1.61. The van der Waals surface area contributed by atoms with E-state index in [0.29, 0.717) is 10.8 Å². The van der Waals surface area contributed by atoms with Crippen LogP contribution in [0.15, 0.2) is 53.6 Å². The van der Waals surface area contributed by atoms with Crippen molar-refractivity contribution < 1.29 is 4.39 Å². The van der Waals surface area contributed by atoms with Gasteiger partial charge >= 0.3 is 0 Å². The first-order valence-corrected chi connectivity index (χ1v) is 7.11. The van der Waals surface area contributed by atoms with Gasteiger partial charge in [0, 0.05) is 10.4 Å². The molecule has 0 aliphatic carbocycles. The van der Waals surface area contributed by atoms with E-state index in [4.69, 9.17) is 11.6 Å². The predicted molar refractivity (Wildman–Crippen MR) is 89.1 cm³/mol. The molecule has 3 aromatic rings. The Labute approximate surface area is 132 Å². The SMILES string of the molecule is Cc1cc(N/N=C/c2ccc(F)cc2)nc2ccc(Cl)cc12. The van der Waals surface area contributed by atoms with Crippen molar-refractivity contribution in [2.24, 2.45) is 5.10 Å². The standard InChI is InChI=1S/C17H13ClFN3/c1-11-8-17(21-16-7-4-13(18)9-15(11)16)22-20-10-12-2-5-14(19)6-3-12/h2-10H,1H3,(H,21,22)/b20-10+. The Kier molecular flexibility index (Phi) is 4.02. The summed E-state index contributed by atoms with van der Waals surface area (Å²) in [7, 11) is 0. The van der Waals surface area contributed by atoms with Gasteiger partial charge in [-0.3, -0.25) is 5.43 Å². The van der Waals surface area contributed by atoms with Crippen molar-refractivity contribution in [3.63, 3.8) is 0 Å². The molecule has 0 bridgehead atoms. The lowest BCUT2D eigenvalue weighted by atomic mass is 10.1. The summed E-state index contributed by atoms with van der Waals surface area (Å²) in [5.74, 6) is 0.376. The highest BCUT2D eigenvalue weighted by Gasteiger charge is 2.03. The zero-order valence-electron chi connectivity index (χ0n) is 11.8. The van der Waals surface area contributed by atoms with Crippen LogP contribution in [0.25, 0.3) is 10.9 Å². The molecule has 0 unspecified atom stereocenters. The lowest BCUT2D eigenvalue weighted by Crippen LogP contribution is -1.95. The first-order chi connectivity index (χ1) is 10.6. The molecular weight excluding hydrogens is 301 g/mol. The maximum absolute atomic E-state index is 12.8. The van der Waals surface area contributed by atoms with Crippen LogP contribution in [0.3, 0.4) is 0 Å². The summed E-state index contributed by atoms with van der Waals surface area (Å²) < 4.78 is 12.8. The minimum atomic E-state index is -0.268. The van der Waals surface area contributed by atoms with Crippen molar-refractivity contribution in [2.75, 3.05) is 5.43 Å². The summed E-state index contributed by atoms with van der Waals surface area (Å²) in [4.78, 5) is 4.48. The first kappa shape index (κ1) is 14.5. The minimum Gasteiger partial charge on any atom is -0.261 e. The molecule has 1 heterocycles. The van der Waals surface area contributed by atoms with Gasteiger partial charge in [0.25, 0.3) is 0 Å². The molecule has 3 rings (SSSR count). The van der Waals surface area contributed by atoms with E-state index in [9.17, 15) is 4.39 Å². The quantitative estimate of drug-likeness (QED) is 0.558. The van der Waals surface area contributed by atoms with Crippen LogP contribution in [0.4, 0.5) is 10.2 Å². The number of fused-ring (bicyclic) bond motifs is 1. The van der Waals surface area contributed by atoms with Crippen molar-refractivity contribution in [1.82, 2.24) is 4.98 Å². The van der Waals surface area contributed by atoms with Gasteiger partial charge in [-0.1, -0.05) is 23.7 Å². The normalized spacial score (nSPS) is 11.2. The second kappa shape index (κ2) is 6.12. The maximum atomic E-state index is 12.8. The summed E-state index contributed by atoms with van der Waals surface area (Å²) >= 11 is 6.00. The summed E-state index contributed by atoms with van der Waals surface area (Å²) in [6, 6.07) is 13.6. The second-order valence-corrected chi connectivity index (χ2v) is 5.34. The molecule has 2 aromatic carbocycles. The van der Waals surface area contributed by atoms with Gasteiger partial charge < -0.3 is 0 Å². The van der Waals surface area contributed by atoms with Gasteiger partial charge in [-0.25, -0.2) is 9.37 Å². The Bertz CT molecular complexity index is 844. The van der Waals surface area contributed by atoms with Gasteiger partial charge in [-0.05, 0) is 54.4 Å². The predicted octanol–water partition coefficient (Wildman–Crippen LogP) is 4.78. The number of pyridine rings is 1. The Balaban J connectivity index is 1.82. The van der Waals surface area contributed by atoms with Gasteiger partial charge in [0.2, 0.25) is 0 Å². The molecule has 0 atom stereocenters. The van der Waals surface area contributed by atoms with E-state index in [2.05, 4.69) is 15.5 Å². The fraction of sp³-hybridized carbons (Fsp3) is 0.0588. The van der Waals surface area contributed by atoms with Crippen LogP contribution in [0.2, 0.25) is 5.02 Å². The van der Waals surface area contributed by atoms with Crippen LogP contribution in [0.1, 0.15) is 11.1 Å². The summed E-state index contributed by atoms with van der Waals surface area (Å²) in [6.45, 7) is 2.00. The highest BCUT2D eigenvalue weighted by Crippen LogP contribution is 2.23. The van der Waals surface area contributed by atoms with Gasteiger partial charge in [-0.15, -0.1) is 0 Å². The first-order valence-electron chi connectivity index (χ1n) is 6.73. The summed E-state index contributed by atoms with van der Waals surface area (Å²) in [5.41, 5.74) is 5.60. The van der Waals surface area contributed by atoms with Crippen LogP contribution >= 0.6 is 11.6 Å². The van der Waals surface area contributed by atoms with E-state index in [1.165, 1.54) is 12.1 Å². The van der Waals surface area contributed by atoms with E-state index >= 15 is 0 Å². The van der Waals surface area contributed by atoms with E-state index in [-0.39, 0.29) is 5.82 Å². The van der Waals surface area contributed by atoms with E-state index < -0.39 is 0 Å². The molecule has 0 radical (unpaired) electrons. The molecule has 0 aliphatic heterocycles. The molecular formula is C17H13ClFN3. The molecule has 5 heteroatoms. The number of halogens is 2. The highest BCUT2D eigenvalue weighted by atomic mass is 35.5. The number of hydrogen-bond donors (Lipinski definition) is 1. The molecule has 0 amide bonds. The highest BCUT2D eigenvalue weighted by molar-refractivity contribution is 6.31. The third-order valence-corrected chi connectivity index (χ3v) is 3.48. The number of rotatable bonds is 3. The molecule has 0 fully saturated rings. The Morgan fingerprint density at radius 3 is 2.68 bits per heavy atom. The zero-order valence-corrected chi connectivity index (χ0v) is 12.6. The van der Waals surface area contributed by atoms with E-state index in [1.54, 1.807) is 18.3 Å². The van der Waals surface area contributed by atoms with Gasteiger partial charge in [0.1, 0.15) is 11.6 Å². The lowest BCUT2D eigenvalue weighted by molar-refractivity contribution is 0.628. The Morgan fingerprint density at radius 2 is 1.91 bits per heavy atom. The molecule has 1 N–H and O–H groups in total. The van der Waals surface area contributed by atoms with Crippen LogP contribution in [-0.4, -0.2) is 11.2 Å². The average molecular weight is 314 g/mol. The number of nitrogens with zero attached hydrogens (tertiary/aromatic N) is 2. The van der Waals surface area contributed by atoms with Crippen LogP contribution in [-0.2, 0) is 0 Å². The fourth-order valence-corrected chi connectivity index (χ4v) is 2.32. The maximum Gasteiger partial charge on any atom is 0.147 e. The molecule has 1 aromatic heterocycles. The van der Waals surface area contributed by atoms with Crippen LogP contribution in [0.5, 0.6) is 0 Å². The molecule has 3 nitrogen and oxygen atoms in total. The topological polar surface area (TPSA) is 37.3 Å². The van der Waals surface area contributed by atoms with Gasteiger partial charge in [0.15, 0.2) is 0 Å². The molecule has 0 aliphatic rings. The summed E-state index contributed by atoms with van der Waals surface area (Å²) in [5, 5.41) is 5.82. The minimum absolute atomic E-state index is 0.268. The molecule has 0 saturated heterocycles. The third kappa shape index (κ3) is 3.23. The van der Waals surface area contributed by atoms with Crippen molar-refractivity contribution in [3.05, 3.63) is 70.5 Å². The monoisotopic (exact) mass is 313 g/mol. The number of anilines is 1. The number of nitrogens with one attached hydrogen (secondary N) is 1. The van der Waals surface area contributed by atoms with Crippen LogP contribution in [0, 0.1) is 12.7 Å². The van der Waals surface area contributed by atoms with Crippen LogP contribution < -0.4 is 5.43 Å². The van der Waals surface area contributed by atoms with Crippen molar-refractivity contribution >= 4 is 34.5 Å². The van der Waals surface area contributed by atoms with E-state index in [0.717, 1.165) is 22.0 Å². The van der Waals surface area contributed by atoms with Crippen molar-refractivity contribution in [2.45, 2.75) is 6.92 Å². The lowest BCUT2D eigenvalue weighted by Gasteiger charge is -2.06. The number of aryl methyl sites for hydroxylation is 1.